The van der Waals surface area contributed by atoms with E-state index in [1.807, 2.05) is 38.2 Å². The van der Waals surface area contributed by atoms with Crippen molar-refractivity contribution in [2.45, 2.75) is 13.5 Å². The van der Waals surface area contributed by atoms with Gasteiger partial charge in [0.05, 0.1) is 23.4 Å². The van der Waals surface area contributed by atoms with Crippen LogP contribution in [0.15, 0.2) is 30.3 Å². The smallest absolute Gasteiger partial charge is 0.357 e. The molecule has 3 aromatic rings. The van der Waals surface area contributed by atoms with Crippen molar-refractivity contribution in [1.29, 1.82) is 0 Å². The maximum Gasteiger partial charge on any atom is 0.357 e. The van der Waals surface area contributed by atoms with E-state index in [2.05, 4.69) is 10.2 Å². The first-order valence-electron chi connectivity index (χ1n) is 6.24. The highest BCUT2D eigenvalue weighted by Gasteiger charge is 2.16. The molecule has 3 rings (SSSR count). The van der Waals surface area contributed by atoms with Crippen molar-refractivity contribution in [2.75, 3.05) is 0 Å². The zero-order valence-corrected chi connectivity index (χ0v) is 11.2. The number of carbonyl (C=O) groups is 1. The quantitative estimate of drug-likeness (QED) is 0.788. The van der Waals surface area contributed by atoms with Gasteiger partial charge in [0.15, 0.2) is 5.69 Å². The lowest BCUT2D eigenvalue weighted by molar-refractivity contribution is 0.0691. The highest BCUT2D eigenvalue weighted by Crippen LogP contribution is 2.19. The molecule has 20 heavy (non-hydrogen) atoms. The summed E-state index contributed by atoms with van der Waals surface area (Å²) in [6.45, 7) is 2.42. The minimum Gasteiger partial charge on any atom is -0.476 e. The second kappa shape index (κ2) is 4.48. The van der Waals surface area contributed by atoms with Gasteiger partial charge >= 0.3 is 5.97 Å². The van der Waals surface area contributed by atoms with Gasteiger partial charge in [0.25, 0.3) is 0 Å². The number of aromatic nitrogens is 4. The van der Waals surface area contributed by atoms with Crippen LogP contribution >= 0.6 is 0 Å². The summed E-state index contributed by atoms with van der Waals surface area (Å²) in [6, 6.07) is 9.31. The third kappa shape index (κ3) is 1.95. The van der Waals surface area contributed by atoms with Gasteiger partial charge in [-0.3, -0.25) is 9.36 Å². The average molecular weight is 270 g/mol. The van der Waals surface area contributed by atoms with Crippen molar-refractivity contribution >= 4 is 16.9 Å². The summed E-state index contributed by atoms with van der Waals surface area (Å²) in [7, 11) is 1.87. The van der Waals surface area contributed by atoms with Crippen LogP contribution in [-0.2, 0) is 13.6 Å². The summed E-state index contributed by atoms with van der Waals surface area (Å²) >= 11 is 0. The number of hydrogen-bond acceptors (Lipinski definition) is 3. The number of nitrogens with zero attached hydrogens (tertiary/aromatic N) is 4. The molecule has 0 unspecified atom stereocenters. The second-order valence-electron chi connectivity index (χ2n) is 4.73. The normalized spacial score (nSPS) is 11.1. The monoisotopic (exact) mass is 270 g/mol. The van der Waals surface area contributed by atoms with E-state index < -0.39 is 5.97 Å². The van der Waals surface area contributed by atoms with Crippen molar-refractivity contribution in [3.8, 4) is 0 Å². The van der Waals surface area contributed by atoms with Gasteiger partial charge in [-0.15, -0.1) is 0 Å². The number of fused-ring (bicyclic) bond motifs is 1. The Morgan fingerprint density at radius 1 is 1.30 bits per heavy atom. The lowest BCUT2D eigenvalue weighted by atomic mass is 10.2. The Hall–Kier alpha value is -2.63. The molecule has 1 N–H and O–H groups in total. The summed E-state index contributed by atoms with van der Waals surface area (Å²) in [5, 5.41) is 18.4. The van der Waals surface area contributed by atoms with Crippen molar-refractivity contribution in [3.63, 3.8) is 0 Å². The van der Waals surface area contributed by atoms with E-state index >= 15 is 0 Å². The van der Waals surface area contributed by atoms with Crippen LogP contribution < -0.4 is 0 Å². The fourth-order valence-corrected chi connectivity index (χ4v) is 2.37. The van der Waals surface area contributed by atoms with E-state index in [1.165, 1.54) is 0 Å². The van der Waals surface area contributed by atoms with Crippen LogP contribution in [0.3, 0.4) is 0 Å². The number of carboxylic acids is 1. The van der Waals surface area contributed by atoms with Crippen molar-refractivity contribution < 1.29 is 9.90 Å². The molecule has 0 fully saturated rings. The SMILES string of the molecule is Cc1cc(Cn2nc(C(=O)O)c3ccccc32)n(C)n1. The Labute approximate surface area is 115 Å². The topological polar surface area (TPSA) is 72.9 Å². The molecule has 0 radical (unpaired) electrons. The largest absolute Gasteiger partial charge is 0.476 e. The molecule has 0 spiro atoms. The summed E-state index contributed by atoms with van der Waals surface area (Å²) in [5.74, 6) is -1.01. The maximum atomic E-state index is 11.3. The molecule has 0 atom stereocenters. The third-order valence-electron chi connectivity index (χ3n) is 3.27. The second-order valence-corrected chi connectivity index (χ2v) is 4.73. The number of rotatable bonds is 3. The van der Waals surface area contributed by atoms with E-state index in [1.54, 1.807) is 15.4 Å². The number of benzene rings is 1. The van der Waals surface area contributed by atoms with E-state index in [-0.39, 0.29) is 5.69 Å². The van der Waals surface area contributed by atoms with Gasteiger partial charge in [-0.05, 0) is 19.1 Å². The summed E-state index contributed by atoms with van der Waals surface area (Å²) < 4.78 is 3.49. The summed E-state index contributed by atoms with van der Waals surface area (Å²) in [5.41, 5.74) is 2.80. The number of aromatic carboxylic acids is 1. The van der Waals surface area contributed by atoms with Gasteiger partial charge in [0.2, 0.25) is 0 Å². The van der Waals surface area contributed by atoms with Gasteiger partial charge in [0.1, 0.15) is 0 Å². The number of aryl methyl sites for hydroxylation is 2. The van der Waals surface area contributed by atoms with E-state index in [0.717, 1.165) is 16.9 Å². The molecule has 0 aliphatic carbocycles. The lowest BCUT2D eigenvalue weighted by Crippen LogP contribution is -2.08. The van der Waals surface area contributed by atoms with Crippen LogP contribution in [0.25, 0.3) is 10.9 Å². The van der Waals surface area contributed by atoms with Crippen LogP contribution in [-0.4, -0.2) is 30.6 Å². The van der Waals surface area contributed by atoms with Crippen molar-refractivity contribution in [1.82, 2.24) is 19.6 Å². The molecule has 2 heterocycles. The van der Waals surface area contributed by atoms with Crippen LogP contribution in [0.1, 0.15) is 21.9 Å². The van der Waals surface area contributed by atoms with Gasteiger partial charge in [-0.2, -0.15) is 10.2 Å². The molecule has 6 nitrogen and oxygen atoms in total. The first-order valence-corrected chi connectivity index (χ1v) is 6.24. The lowest BCUT2D eigenvalue weighted by Gasteiger charge is -2.03. The molecular formula is C14H14N4O2. The van der Waals surface area contributed by atoms with Crippen LogP contribution in [0.5, 0.6) is 0 Å². The predicted molar refractivity (Wildman–Crippen MR) is 73.7 cm³/mol. The zero-order valence-electron chi connectivity index (χ0n) is 11.2. The highest BCUT2D eigenvalue weighted by molar-refractivity contribution is 6.01. The molecule has 2 aromatic heterocycles. The van der Waals surface area contributed by atoms with Gasteiger partial charge in [-0.1, -0.05) is 18.2 Å². The Morgan fingerprint density at radius 3 is 2.70 bits per heavy atom. The molecule has 0 amide bonds. The Bertz CT molecular complexity index is 801. The predicted octanol–water partition coefficient (Wildman–Crippen LogP) is 1.82. The van der Waals surface area contributed by atoms with Crippen molar-refractivity contribution in [3.05, 3.63) is 47.4 Å². The molecule has 0 saturated carbocycles. The molecule has 1 aromatic carbocycles. The van der Waals surface area contributed by atoms with E-state index in [9.17, 15) is 9.90 Å². The fourth-order valence-electron chi connectivity index (χ4n) is 2.37. The number of carboxylic acid groups (broad SMARTS) is 1. The van der Waals surface area contributed by atoms with E-state index in [0.29, 0.717) is 11.9 Å². The minimum atomic E-state index is -1.01. The standard InChI is InChI=1S/C14H14N4O2/c1-9-7-10(17(2)15-9)8-18-12-6-4-3-5-11(12)13(16-18)14(19)20/h3-7H,8H2,1-2H3,(H,19,20). The molecule has 102 valence electrons. The third-order valence-corrected chi connectivity index (χ3v) is 3.27. The molecule has 0 aliphatic heterocycles. The Balaban J connectivity index is 2.12. The fraction of sp³-hybridized carbons (Fsp3) is 0.214. The molecule has 0 aliphatic rings. The highest BCUT2D eigenvalue weighted by atomic mass is 16.4. The maximum absolute atomic E-state index is 11.3. The average Bonchev–Trinajstić information content (AvgIpc) is 2.92. The molecule has 0 saturated heterocycles. The molecular weight excluding hydrogens is 256 g/mol. The van der Waals surface area contributed by atoms with Crippen LogP contribution in [0.4, 0.5) is 0 Å². The van der Waals surface area contributed by atoms with E-state index in [4.69, 9.17) is 0 Å². The van der Waals surface area contributed by atoms with Crippen LogP contribution in [0, 0.1) is 6.92 Å². The van der Waals surface area contributed by atoms with Gasteiger partial charge < -0.3 is 5.11 Å². The zero-order chi connectivity index (χ0) is 14.3. The molecule has 0 bridgehead atoms. The Morgan fingerprint density at radius 2 is 2.05 bits per heavy atom. The number of hydrogen-bond donors (Lipinski definition) is 1. The van der Waals surface area contributed by atoms with Gasteiger partial charge in [0, 0.05) is 12.4 Å². The molecule has 6 heteroatoms. The van der Waals surface area contributed by atoms with Crippen LogP contribution in [0.2, 0.25) is 0 Å². The summed E-state index contributed by atoms with van der Waals surface area (Å²) in [6.07, 6.45) is 0. The Kier molecular flexibility index (Phi) is 2.78. The minimum absolute atomic E-state index is 0.0829. The van der Waals surface area contributed by atoms with Gasteiger partial charge in [-0.25, -0.2) is 4.79 Å². The van der Waals surface area contributed by atoms with Crippen molar-refractivity contribution in [2.24, 2.45) is 7.05 Å². The first-order chi connectivity index (χ1) is 9.56. The first kappa shape index (κ1) is 12.4. The number of para-hydroxylation sites is 1. The summed E-state index contributed by atoms with van der Waals surface area (Å²) in [4.78, 5) is 11.3.